The second kappa shape index (κ2) is 8.71. The van der Waals surface area contributed by atoms with Gasteiger partial charge in [-0.25, -0.2) is 8.42 Å². The molecular weight excluding hydrogens is 330 g/mol. The van der Waals surface area contributed by atoms with Crippen molar-refractivity contribution in [2.75, 3.05) is 13.2 Å². The van der Waals surface area contributed by atoms with Gasteiger partial charge in [-0.3, -0.25) is 4.79 Å². The van der Waals surface area contributed by atoms with Crippen LogP contribution in [0.4, 0.5) is 0 Å². The SMILES string of the molecule is CC#CCOc1ccc(S(=O)(=O)N(CC)C(C(=O)O)C(C)C)cc1. The van der Waals surface area contributed by atoms with Gasteiger partial charge in [0.25, 0.3) is 0 Å². The number of hydrogen-bond donors (Lipinski definition) is 1. The molecule has 1 rings (SSSR count). The standard InChI is InChI=1S/C17H23NO5S/c1-5-7-12-23-14-8-10-15(11-9-14)24(21,22)18(6-2)16(13(3)4)17(19)20/h8-11,13,16H,6,12H2,1-4H3,(H,19,20). The van der Waals surface area contributed by atoms with Crippen LogP contribution in [-0.4, -0.2) is 43.0 Å². The first-order chi connectivity index (χ1) is 11.3. The molecule has 0 heterocycles. The van der Waals surface area contributed by atoms with E-state index in [9.17, 15) is 18.3 Å². The van der Waals surface area contributed by atoms with Gasteiger partial charge in [-0.2, -0.15) is 4.31 Å². The molecule has 0 spiro atoms. The molecule has 0 radical (unpaired) electrons. The third-order valence-electron chi connectivity index (χ3n) is 3.42. The minimum absolute atomic E-state index is 0.0326. The van der Waals surface area contributed by atoms with Crippen molar-refractivity contribution in [1.29, 1.82) is 0 Å². The van der Waals surface area contributed by atoms with E-state index in [1.165, 1.54) is 24.3 Å². The van der Waals surface area contributed by atoms with E-state index in [0.29, 0.717) is 5.75 Å². The largest absolute Gasteiger partial charge is 0.481 e. The summed E-state index contributed by atoms with van der Waals surface area (Å²) in [4.78, 5) is 11.5. The number of carbonyl (C=O) groups is 1. The third-order valence-corrected chi connectivity index (χ3v) is 5.40. The first-order valence-electron chi connectivity index (χ1n) is 7.62. The number of rotatable bonds is 8. The Morgan fingerprint density at radius 1 is 1.29 bits per heavy atom. The number of ether oxygens (including phenoxy) is 1. The molecule has 132 valence electrons. The highest BCUT2D eigenvalue weighted by molar-refractivity contribution is 7.89. The lowest BCUT2D eigenvalue weighted by Crippen LogP contribution is -2.47. The maximum Gasteiger partial charge on any atom is 0.322 e. The van der Waals surface area contributed by atoms with E-state index < -0.39 is 22.0 Å². The summed E-state index contributed by atoms with van der Waals surface area (Å²) in [6.45, 7) is 6.98. The molecule has 0 saturated heterocycles. The summed E-state index contributed by atoms with van der Waals surface area (Å²) in [6, 6.07) is 4.76. The van der Waals surface area contributed by atoms with Crippen LogP contribution >= 0.6 is 0 Å². The molecule has 1 aromatic carbocycles. The lowest BCUT2D eigenvalue weighted by molar-refractivity contribution is -0.142. The van der Waals surface area contributed by atoms with Gasteiger partial charge in [-0.15, -0.1) is 5.92 Å². The number of carboxylic acids is 1. The number of benzene rings is 1. The molecule has 1 N–H and O–H groups in total. The van der Waals surface area contributed by atoms with Crippen molar-refractivity contribution in [1.82, 2.24) is 4.31 Å². The molecule has 7 heteroatoms. The first kappa shape index (κ1) is 20.0. The Labute approximate surface area is 143 Å². The number of hydrogen-bond acceptors (Lipinski definition) is 4. The van der Waals surface area contributed by atoms with Crippen molar-refractivity contribution in [2.45, 2.75) is 38.6 Å². The predicted molar refractivity (Wildman–Crippen MR) is 91.2 cm³/mol. The molecule has 0 fully saturated rings. The van der Waals surface area contributed by atoms with E-state index in [4.69, 9.17) is 4.74 Å². The molecule has 0 aliphatic heterocycles. The van der Waals surface area contributed by atoms with E-state index in [2.05, 4.69) is 11.8 Å². The lowest BCUT2D eigenvalue weighted by Gasteiger charge is -2.29. The van der Waals surface area contributed by atoms with Gasteiger partial charge in [0.2, 0.25) is 10.0 Å². The Balaban J connectivity index is 3.11. The van der Waals surface area contributed by atoms with Crippen molar-refractivity contribution in [2.24, 2.45) is 5.92 Å². The van der Waals surface area contributed by atoms with Crippen LogP contribution < -0.4 is 4.74 Å². The zero-order valence-corrected chi connectivity index (χ0v) is 15.1. The van der Waals surface area contributed by atoms with Gasteiger partial charge in [-0.05, 0) is 37.1 Å². The molecule has 0 bridgehead atoms. The monoisotopic (exact) mass is 353 g/mol. The normalized spacial score (nSPS) is 12.6. The maximum absolute atomic E-state index is 12.8. The zero-order valence-electron chi connectivity index (χ0n) is 14.3. The average molecular weight is 353 g/mol. The van der Waals surface area contributed by atoms with Gasteiger partial charge in [0.1, 0.15) is 18.4 Å². The predicted octanol–water partition coefficient (Wildman–Crippen LogP) is 2.21. The molecule has 0 aromatic heterocycles. The Morgan fingerprint density at radius 2 is 1.88 bits per heavy atom. The Bertz CT molecular complexity index is 714. The highest BCUT2D eigenvalue weighted by Gasteiger charge is 2.36. The van der Waals surface area contributed by atoms with Crippen LogP contribution in [0.5, 0.6) is 5.75 Å². The van der Waals surface area contributed by atoms with Crippen LogP contribution in [0, 0.1) is 17.8 Å². The van der Waals surface area contributed by atoms with Gasteiger partial charge in [0.15, 0.2) is 0 Å². The fraction of sp³-hybridized carbons (Fsp3) is 0.471. The summed E-state index contributed by atoms with van der Waals surface area (Å²) < 4.78 is 31.9. The molecule has 24 heavy (non-hydrogen) atoms. The average Bonchev–Trinajstić information content (AvgIpc) is 2.52. The Morgan fingerprint density at radius 3 is 2.29 bits per heavy atom. The molecule has 0 aliphatic rings. The molecular formula is C17H23NO5S. The van der Waals surface area contributed by atoms with Crippen LogP contribution in [0.25, 0.3) is 0 Å². The molecule has 1 atom stereocenters. The molecule has 1 aromatic rings. The number of likely N-dealkylation sites (N-methyl/N-ethyl adjacent to an activating group) is 1. The van der Waals surface area contributed by atoms with E-state index in [0.717, 1.165) is 4.31 Å². The summed E-state index contributed by atoms with van der Waals surface area (Å²) in [7, 11) is -3.91. The molecule has 0 saturated carbocycles. The summed E-state index contributed by atoms with van der Waals surface area (Å²) in [6.07, 6.45) is 0. The number of aliphatic carboxylic acids is 1. The molecule has 0 aliphatic carbocycles. The summed E-state index contributed by atoms with van der Waals surface area (Å²) in [5.41, 5.74) is 0. The lowest BCUT2D eigenvalue weighted by atomic mass is 10.1. The van der Waals surface area contributed by atoms with Crippen molar-refractivity contribution in [3.05, 3.63) is 24.3 Å². The molecule has 1 unspecified atom stereocenters. The smallest absolute Gasteiger partial charge is 0.322 e. The Hall–Kier alpha value is -2.04. The minimum atomic E-state index is -3.91. The number of nitrogens with zero attached hydrogens (tertiary/aromatic N) is 1. The van der Waals surface area contributed by atoms with Gasteiger partial charge in [0, 0.05) is 6.54 Å². The van der Waals surface area contributed by atoms with Crippen LogP contribution in [0.2, 0.25) is 0 Å². The van der Waals surface area contributed by atoms with Crippen LogP contribution in [0.15, 0.2) is 29.2 Å². The van der Waals surface area contributed by atoms with Gasteiger partial charge < -0.3 is 9.84 Å². The van der Waals surface area contributed by atoms with Crippen molar-refractivity contribution < 1.29 is 23.1 Å². The van der Waals surface area contributed by atoms with E-state index >= 15 is 0 Å². The van der Waals surface area contributed by atoms with Crippen molar-refractivity contribution >= 4 is 16.0 Å². The van der Waals surface area contributed by atoms with E-state index in [1.54, 1.807) is 27.7 Å². The fourth-order valence-electron chi connectivity index (χ4n) is 2.29. The summed E-state index contributed by atoms with van der Waals surface area (Å²) >= 11 is 0. The maximum atomic E-state index is 12.8. The van der Waals surface area contributed by atoms with E-state index in [-0.39, 0.29) is 24.0 Å². The van der Waals surface area contributed by atoms with Crippen molar-refractivity contribution in [3.8, 4) is 17.6 Å². The Kier molecular flexibility index (Phi) is 7.26. The van der Waals surface area contributed by atoms with Gasteiger partial charge in [0.05, 0.1) is 4.90 Å². The quantitative estimate of drug-likeness (QED) is 0.725. The number of sulfonamides is 1. The van der Waals surface area contributed by atoms with E-state index in [1.807, 2.05) is 0 Å². The highest BCUT2D eigenvalue weighted by Crippen LogP contribution is 2.24. The van der Waals surface area contributed by atoms with Gasteiger partial charge in [-0.1, -0.05) is 26.7 Å². The number of carboxylic acid groups (broad SMARTS) is 1. The second-order valence-electron chi connectivity index (χ2n) is 5.42. The molecule has 6 nitrogen and oxygen atoms in total. The van der Waals surface area contributed by atoms with Gasteiger partial charge >= 0.3 is 5.97 Å². The summed E-state index contributed by atoms with van der Waals surface area (Å²) in [5, 5.41) is 9.38. The van der Waals surface area contributed by atoms with Crippen LogP contribution in [0.1, 0.15) is 27.7 Å². The molecule has 0 amide bonds. The third kappa shape index (κ3) is 4.73. The second-order valence-corrected chi connectivity index (χ2v) is 7.31. The zero-order chi connectivity index (χ0) is 18.3. The van der Waals surface area contributed by atoms with Crippen molar-refractivity contribution in [3.63, 3.8) is 0 Å². The topological polar surface area (TPSA) is 83.9 Å². The fourth-order valence-corrected chi connectivity index (χ4v) is 4.02. The highest BCUT2D eigenvalue weighted by atomic mass is 32.2. The van der Waals surface area contributed by atoms with Crippen LogP contribution in [0.3, 0.4) is 0 Å². The van der Waals surface area contributed by atoms with Crippen LogP contribution in [-0.2, 0) is 14.8 Å². The first-order valence-corrected chi connectivity index (χ1v) is 9.06. The minimum Gasteiger partial charge on any atom is -0.481 e. The summed E-state index contributed by atoms with van der Waals surface area (Å²) in [5.74, 6) is 4.43.